The molecule has 0 aliphatic heterocycles. The number of para-hydroxylation sites is 6. The number of benzene rings is 11. The van der Waals surface area contributed by atoms with Crippen LogP contribution in [-0.4, -0.2) is 27.7 Å². The van der Waals surface area contributed by atoms with Gasteiger partial charge in [-0.3, -0.25) is 0 Å². The number of fused-ring (bicyclic) bond motifs is 13. The molecule has 8 heteroatoms. The van der Waals surface area contributed by atoms with E-state index in [-0.39, 0.29) is 0 Å². The summed E-state index contributed by atoms with van der Waals surface area (Å²) >= 11 is 0. The minimum Gasteiger partial charge on any atom is -0.397 e. The van der Waals surface area contributed by atoms with E-state index >= 15 is 0 Å². The van der Waals surface area contributed by atoms with Gasteiger partial charge in [0.25, 0.3) is 0 Å². The molecule has 442 valence electrons. The number of anilines is 2. The molecule has 0 fully saturated rings. The van der Waals surface area contributed by atoms with Crippen molar-refractivity contribution in [2.75, 3.05) is 11.5 Å². The number of hydrogen-bond acceptors (Lipinski definition) is 3. The Morgan fingerprint density at radius 1 is 0.380 bits per heavy atom. The van der Waals surface area contributed by atoms with Crippen molar-refractivity contribution in [1.82, 2.24) is 27.7 Å². The zero-order valence-electron chi connectivity index (χ0n) is 51.3. The highest BCUT2D eigenvalue weighted by Gasteiger charge is 2.21. The molecule has 0 unspecified atom stereocenters. The van der Waals surface area contributed by atoms with Crippen molar-refractivity contribution in [3.05, 3.63) is 327 Å². The monoisotopic (exact) mass is 1190 g/mol. The minimum absolute atomic E-state index is 0.616. The maximum atomic E-state index is 6.38. The van der Waals surface area contributed by atoms with Gasteiger partial charge in [-0.25, -0.2) is 4.98 Å². The summed E-state index contributed by atoms with van der Waals surface area (Å²) < 4.78 is 11.6. The van der Waals surface area contributed by atoms with Gasteiger partial charge in [0.05, 0.1) is 61.2 Å². The Hall–Kier alpha value is -12.1. The Balaban J connectivity index is 0.000000143. The first-order chi connectivity index (χ1) is 45.4. The van der Waals surface area contributed by atoms with Crippen molar-refractivity contribution in [1.29, 1.82) is 0 Å². The summed E-state index contributed by atoms with van der Waals surface area (Å²) in [5.41, 5.74) is 34.2. The molecule has 0 radical (unpaired) electrons. The van der Waals surface area contributed by atoms with E-state index in [9.17, 15) is 0 Å². The van der Waals surface area contributed by atoms with Crippen LogP contribution in [0.2, 0.25) is 0 Å². The largest absolute Gasteiger partial charge is 0.397 e. The fourth-order valence-electron chi connectivity index (χ4n) is 13.4. The van der Waals surface area contributed by atoms with Crippen molar-refractivity contribution in [3.8, 4) is 34.0 Å². The molecule has 4 N–H and O–H groups in total. The third kappa shape index (κ3) is 9.97. The van der Waals surface area contributed by atoms with Gasteiger partial charge in [0.1, 0.15) is 5.65 Å². The molecule has 0 bridgehead atoms. The topological polar surface area (TPSA) is 89.1 Å². The summed E-state index contributed by atoms with van der Waals surface area (Å²) in [6.45, 7) is 7.40. The first-order valence-electron chi connectivity index (χ1n) is 31.3. The fourth-order valence-corrected chi connectivity index (χ4v) is 13.4. The third-order valence-corrected chi connectivity index (χ3v) is 17.6. The summed E-state index contributed by atoms with van der Waals surface area (Å²) in [4.78, 5) is 4.89. The Morgan fingerprint density at radius 3 is 1.28 bits per heavy atom. The number of aromatic nitrogens is 6. The lowest BCUT2D eigenvalue weighted by Crippen LogP contribution is -1.99. The lowest BCUT2D eigenvalue weighted by Gasteiger charge is -2.11. The standard InChI is InChI=1S/C42H34N4.C37H24N4.C5H8/c1-2-12-29-23-24-30(42(44)41(29)43)15-10-13-28-14-11-18-32(25-28)46-38-22-9-7-20-34(38)36-26-35-33-19-6-8-21-37(33)45(39(35)27-40(36)46)31-16-4-3-5-17-31;1-2-12-26(13-3-1)40-33-17-6-4-15-28(33)30-22-31-29-16-5-7-18-34(29)41(36(31)23-35(30)40)27-14-10-11-25(21-27)32-24-39-20-9-8-19-37(39)38-32;1-3-5-4-2/h2-12,14-27H,13,43-44H2,1H3;1-24H;3-5H,1H2,2H3/b12-2-,15-10-;;5-4-. The average molecular weight is 1190 g/mol. The fraction of sp³-hybridized carbons (Fsp3) is 0.0357. The van der Waals surface area contributed by atoms with E-state index in [2.05, 4.69) is 278 Å². The average Bonchev–Trinajstić information content (AvgIpc) is 1.57. The number of rotatable bonds is 10. The van der Waals surface area contributed by atoms with Gasteiger partial charge in [-0.2, -0.15) is 0 Å². The van der Waals surface area contributed by atoms with Gasteiger partial charge in [0, 0.05) is 83.8 Å². The maximum absolute atomic E-state index is 6.38. The van der Waals surface area contributed by atoms with E-state index in [1.807, 2.05) is 74.7 Å². The number of nitrogens with two attached hydrogens (primary N) is 2. The molecule has 0 saturated heterocycles. The molecule has 0 saturated carbocycles. The summed E-state index contributed by atoms with van der Waals surface area (Å²) in [6.07, 6.45) is 18.7. The second-order valence-electron chi connectivity index (χ2n) is 23.1. The molecule has 11 aromatic carbocycles. The predicted molar refractivity (Wildman–Crippen MR) is 392 cm³/mol. The van der Waals surface area contributed by atoms with E-state index in [0.717, 1.165) is 57.2 Å². The molecule has 17 rings (SSSR count). The number of hydrogen-bond donors (Lipinski definition) is 2. The number of imidazole rings is 1. The predicted octanol–water partition coefficient (Wildman–Crippen LogP) is 21.3. The number of pyridine rings is 1. The highest BCUT2D eigenvalue weighted by atomic mass is 15.0. The van der Waals surface area contributed by atoms with E-state index in [1.54, 1.807) is 6.08 Å². The molecule has 6 heterocycles. The van der Waals surface area contributed by atoms with Crippen molar-refractivity contribution >= 4 is 116 Å². The minimum atomic E-state index is 0.616. The van der Waals surface area contributed by atoms with Crippen molar-refractivity contribution in [2.45, 2.75) is 20.3 Å². The summed E-state index contributed by atoms with van der Waals surface area (Å²) in [5, 5.41) is 10.0. The van der Waals surface area contributed by atoms with Gasteiger partial charge in [-0.05, 0) is 146 Å². The van der Waals surface area contributed by atoms with Crippen LogP contribution in [0.25, 0.3) is 139 Å². The molecule has 0 spiro atoms. The van der Waals surface area contributed by atoms with Crippen LogP contribution >= 0.6 is 0 Å². The molecular weight excluding hydrogens is 1120 g/mol. The molecular formula is C84H66N8. The molecule has 0 amide bonds. The second-order valence-corrected chi connectivity index (χ2v) is 23.1. The Kier molecular flexibility index (Phi) is 14.8. The zero-order valence-corrected chi connectivity index (χ0v) is 51.3. The molecule has 8 nitrogen and oxygen atoms in total. The van der Waals surface area contributed by atoms with Gasteiger partial charge in [0.2, 0.25) is 0 Å². The molecule has 6 aromatic heterocycles. The van der Waals surface area contributed by atoms with Gasteiger partial charge in [-0.1, -0.05) is 201 Å². The van der Waals surface area contributed by atoms with Crippen molar-refractivity contribution in [3.63, 3.8) is 0 Å². The Labute approximate surface area is 533 Å². The summed E-state index contributed by atoms with van der Waals surface area (Å²) in [7, 11) is 0. The number of allylic oxidation sites excluding steroid dienone is 5. The smallest absolute Gasteiger partial charge is 0.137 e. The quantitative estimate of drug-likeness (QED) is 0.106. The number of nitrogen functional groups attached to an aromatic ring is 2. The van der Waals surface area contributed by atoms with Crippen LogP contribution in [-0.2, 0) is 6.42 Å². The highest BCUT2D eigenvalue weighted by molar-refractivity contribution is 6.21. The van der Waals surface area contributed by atoms with Crippen LogP contribution in [0.1, 0.15) is 30.5 Å². The Bertz CT molecular complexity index is 5710. The first-order valence-corrected chi connectivity index (χ1v) is 31.3. The highest BCUT2D eigenvalue weighted by Crippen LogP contribution is 2.42. The zero-order chi connectivity index (χ0) is 62.2. The van der Waals surface area contributed by atoms with Crippen LogP contribution in [0.15, 0.2) is 310 Å². The molecule has 0 aliphatic carbocycles. The lowest BCUT2D eigenvalue weighted by atomic mass is 10.0. The van der Waals surface area contributed by atoms with E-state index in [1.165, 1.54) is 92.8 Å². The molecule has 92 heavy (non-hydrogen) atoms. The van der Waals surface area contributed by atoms with E-state index < -0.39 is 0 Å². The van der Waals surface area contributed by atoms with E-state index in [4.69, 9.17) is 16.5 Å². The van der Waals surface area contributed by atoms with Crippen molar-refractivity contribution in [2.24, 2.45) is 0 Å². The lowest BCUT2D eigenvalue weighted by molar-refractivity contribution is 1.15. The van der Waals surface area contributed by atoms with Crippen LogP contribution in [0, 0.1) is 0 Å². The summed E-state index contributed by atoms with van der Waals surface area (Å²) in [6, 6.07) is 93.4. The second kappa shape index (κ2) is 24.1. The van der Waals surface area contributed by atoms with Crippen LogP contribution in [0.4, 0.5) is 11.4 Å². The number of nitrogens with zero attached hydrogens (tertiary/aromatic N) is 6. The van der Waals surface area contributed by atoms with Crippen LogP contribution < -0.4 is 11.5 Å². The van der Waals surface area contributed by atoms with Gasteiger partial charge in [0.15, 0.2) is 0 Å². The maximum Gasteiger partial charge on any atom is 0.137 e. The first kappa shape index (κ1) is 56.4. The van der Waals surface area contributed by atoms with Gasteiger partial charge >= 0.3 is 0 Å². The molecule has 17 aromatic rings. The van der Waals surface area contributed by atoms with Crippen LogP contribution in [0.5, 0.6) is 0 Å². The summed E-state index contributed by atoms with van der Waals surface area (Å²) in [5.74, 6) is 0. The van der Waals surface area contributed by atoms with Gasteiger partial charge < -0.3 is 34.1 Å². The normalized spacial score (nSPS) is 11.8. The Morgan fingerprint density at radius 2 is 0.815 bits per heavy atom. The van der Waals surface area contributed by atoms with Crippen LogP contribution in [0.3, 0.4) is 0 Å². The molecule has 0 aliphatic rings. The van der Waals surface area contributed by atoms with Gasteiger partial charge in [-0.15, -0.1) is 0 Å². The molecule has 0 atom stereocenters. The van der Waals surface area contributed by atoms with E-state index in [0.29, 0.717) is 11.4 Å². The third-order valence-electron chi connectivity index (χ3n) is 17.6. The van der Waals surface area contributed by atoms with Crippen molar-refractivity contribution < 1.29 is 0 Å². The SMILES string of the molecule is C/C=C\c1ccc(/C=C\Cc2cccc(-n3c4ccccc4c4cc5c6ccccc6n(-c6ccccc6)c5cc43)c2)c(N)c1N.C=C/C=C\C.c1ccc(-n2c3ccccc3c3cc4c5ccccc5n(-c5cccc(-c6cn7ccccc7n6)c5)c4cc32)cc1.